The van der Waals surface area contributed by atoms with E-state index in [1.54, 1.807) is 0 Å². The van der Waals surface area contributed by atoms with Crippen LogP contribution in [0, 0.1) is 0 Å². The Morgan fingerprint density at radius 1 is 0.822 bits per heavy atom. The van der Waals surface area contributed by atoms with Gasteiger partial charge in [-0.25, -0.2) is 4.79 Å². The van der Waals surface area contributed by atoms with Crippen molar-refractivity contribution in [3.05, 3.63) is 71.3 Å². The number of carbonyl (C=O) groups excluding carboxylic acids is 5. The van der Waals surface area contributed by atoms with Crippen molar-refractivity contribution < 1.29 is 38.3 Å². The first-order valence-electron chi connectivity index (χ1n) is 15.5. The van der Waals surface area contributed by atoms with Gasteiger partial charge in [-0.05, 0) is 61.6 Å². The van der Waals surface area contributed by atoms with E-state index in [2.05, 4.69) is 45.7 Å². The number of hydroxylamine groups is 1. The highest BCUT2D eigenvalue weighted by atomic mass is 16.7. The molecule has 12 heteroatoms. The topological polar surface area (TPSA) is 161 Å². The average molecular weight is 625 g/mol. The van der Waals surface area contributed by atoms with Crippen LogP contribution in [0.15, 0.2) is 54.6 Å². The fourth-order valence-electron chi connectivity index (χ4n) is 4.63. The predicted octanol–water partition coefficient (Wildman–Crippen LogP) is 1.69. The van der Waals surface area contributed by atoms with Gasteiger partial charge in [-0.15, -0.1) is 0 Å². The molecule has 1 heterocycles. The van der Waals surface area contributed by atoms with Crippen molar-refractivity contribution in [1.82, 2.24) is 21.4 Å². The summed E-state index contributed by atoms with van der Waals surface area (Å²) in [6, 6.07) is 17.4. The van der Waals surface area contributed by atoms with Crippen molar-refractivity contribution in [2.75, 3.05) is 39.5 Å². The number of benzene rings is 2. The van der Waals surface area contributed by atoms with Gasteiger partial charge in [0.1, 0.15) is 19.3 Å². The van der Waals surface area contributed by atoms with Crippen molar-refractivity contribution in [3.8, 4) is 0 Å². The monoisotopic (exact) mass is 624 g/mol. The number of ether oxygens (including phenoxy) is 2. The largest absolute Gasteiger partial charge is 0.369 e. The van der Waals surface area contributed by atoms with Crippen LogP contribution in [0.5, 0.6) is 0 Å². The molecular weight excluding hydrogens is 580 g/mol. The predicted molar refractivity (Wildman–Crippen MR) is 166 cm³/mol. The molecule has 1 aliphatic rings. The lowest BCUT2D eigenvalue weighted by molar-refractivity contribution is -0.158. The van der Waals surface area contributed by atoms with E-state index in [4.69, 9.17) is 14.3 Å². The molecule has 2 aromatic carbocycles. The van der Waals surface area contributed by atoms with E-state index < -0.39 is 29.7 Å². The first-order valence-corrected chi connectivity index (χ1v) is 15.5. The van der Waals surface area contributed by atoms with Crippen LogP contribution in [0.25, 0.3) is 0 Å². The fourth-order valence-corrected chi connectivity index (χ4v) is 4.63. The van der Waals surface area contributed by atoms with Crippen LogP contribution in [0.2, 0.25) is 0 Å². The number of unbranched alkanes of at least 4 members (excludes halogenated alkanes) is 1. The third kappa shape index (κ3) is 15.3. The number of carbonyl (C=O) groups is 5. The van der Waals surface area contributed by atoms with Gasteiger partial charge in [0.15, 0.2) is 0 Å². The minimum atomic E-state index is -0.838. The minimum Gasteiger partial charge on any atom is -0.369 e. The van der Waals surface area contributed by atoms with Crippen LogP contribution in [-0.2, 0) is 57.5 Å². The van der Waals surface area contributed by atoms with Crippen molar-refractivity contribution >= 4 is 29.6 Å². The van der Waals surface area contributed by atoms with E-state index in [1.165, 1.54) is 11.1 Å². The second kappa shape index (κ2) is 20.6. The molecule has 45 heavy (non-hydrogen) atoms. The third-order valence-corrected chi connectivity index (χ3v) is 7.05. The molecule has 4 amide bonds. The van der Waals surface area contributed by atoms with Crippen LogP contribution >= 0.6 is 0 Å². The molecule has 0 saturated carbocycles. The van der Waals surface area contributed by atoms with E-state index >= 15 is 0 Å². The van der Waals surface area contributed by atoms with Crippen molar-refractivity contribution in [2.24, 2.45) is 0 Å². The van der Waals surface area contributed by atoms with Crippen LogP contribution in [-0.4, -0.2) is 75.2 Å². The van der Waals surface area contributed by atoms with Gasteiger partial charge in [-0.2, -0.15) is 5.48 Å². The van der Waals surface area contributed by atoms with Crippen LogP contribution in [0.4, 0.5) is 0 Å². The molecule has 1 saturated heterocycles. The SMILES string of the molecule is O=C1COCCOCC(=O)NC(C(=O)NCCC(=O)ONC(=O)Cc2ccc(CCCCc3ccccc3)cc2)CCCCN1. The summed E-state index contributed by atoms with van der Waals surface area (Å²) in [6.45, 7) is 0.306. The number of rotatable bonds is 11. The second-order valence-electron chi connectivity index (χ2n) is 10.8. The van der Waals surface area contributed by atoms with Crippen LogP contribution < -0.4 is 21.4 Å². The summed E-state index contributed by atoms with van der Waals surface area (Å²) in [7, 11) is 0. The van der Waals surface area contributed by atoms with Gasteiger partial charge in [-0.3, -0.25) is 19.2 Å². The Morgan fingerprint density at radius 3 is 2.18 bits per heavy atom. The number of hydrogen-bond donors (Lipinski definition) is 4. The molecule has 0 spiro atoms. The average Bonchev–Trinajstić information content (AvgIpc) is 3.04. The lowest BCUT2D eigenvalue weighted by Crippen LogP contribution is -2.48. The molecular formula is C33H44N4O8. The zero-order valence-corrected chi connectivity index (χ0v) is 25.6. The van der Waals surface area contributed by atoms with Crippen molar-refractivity contribution in [3.63, 3.8) is 0 Å². The summed E-state index contributed by atoms with van der Waals surface area (Å²) < 4.78 is 10.4. The van der Waals surface area contributed by atoms with Gasteiger partial charge < -0.3 is 30.3 Å². The maximum Gasteiger partial charge on any atom is 0.334 e. The smallest absolute Gasteiger partial charge is 0.334 e. The van der Waals surface area contributed by atoms with E-state index in [-0.39, 0.29) is 51.7 Å². The quantitative estimate of drug-likeness (QED) is 0.217. The number of aryl methyl sites for hydroxylation is 2. The highest BCUT2D eigenvalue weighted by Gasteiger charge is 2.21. The third-order valence-electron chi connectivity index (χ3n) is 7.05. The summed E-state index contributed by atoms with van der Waals surface area (Å²) in [5.74, 6) is -2.35. The molecule has 0 aromatic heterocycles. The molecule has 0 radical (unpaired) electrons. The normalized spacial score (nSPS) is 16.7. The molecule has 0 aliphatic carbocycles. The zero-order chi connectivity index (χ0) is 32.1. The molecule has 1 aliphatic heterocycles. The van der Waals surface area contributed by atoms with Gasteiger partial charge in [0, 0.05) is 13.1 Å². The number of nitrogens with one attached hydrogen (secondary N) is 4. The maximum absolute atomic E-state index is 12.7. The Hall–Kier alpha value is -4.29. The Bertz CT molecular complexity index is 1220. The molecule has 0 bridgehead atoms. The highest BCUT2D eigenvalue weighted by molar-refractivity contribution is 5.88. The Morgan fingerprint density at radius 2 is 1.47 bits per heavy atom. The standard InChI is InChI=1S/C33H44N4O8/c38-29(22-27-15-13-26(14-16-27)11-5-4-10-25-8-2-1-3-9-25)37-45-32(41)17-19-35-33(42)28-12-6-7-18-34-30(39)23-43-20-21-44-24-31(40)36-28/h1-3,8-9,13-16,28H,4-7,10-12,17-24H2,(H,34,39)(H,35,42)(H,36,40)(H,37,38). The lowest BCUT2D eigenvalue weighted by Gasteiger charge is -2.18. The highest BCUT2D eigenvalue weighted by Crippen LogP contribution is 2.11. The summed E-state index contributed by atoms with van der Waals surface area (Å²) in [4.78, 5) is 65.9. The molecule has 4 N–H and O–H groups in total. The summed E-state index contributed by atoms with van der Waals surface area (Å²) in [5.41, 5.74) is 5.50. The first kappa shape index (κ1) is 35.2. The molecule has 1 unspecified atom stereocenters. The van der Waals surface area contributed by atoms with E-state index in [1.807, 2.05) is 30.3 Å². The van der Waals surface area contributed by atoms with E-state index in [0.717, 1.165) is 31.2 Å². The summed E-state index contributed by atoms with van der Waals surface area (Å²) in [5, 5.41) is 7.98. The fraction of sp³-hybridized carbons (Fsp3) is 0.485. The van der Waals surface area contributed by atoms with Gasteiger partial charge in [0.25, 0.3) is 5.91 Å². The van der Waals surface area contributed by atoms with Crippen LogP contribution in [0.1, 0.15) is 55.2 Å². The van der Waals surface area contributed by atoms with E-state index in [0.29, 0.717) is 25.8 Å². The molecule has 1 atom stereocenters. The lowest BCUT2D eigenvalue weighted by atomic mass is 10.0. The van der Waals surface area contributed by atoms with Gasteiger partial charge in [-0.1, -0.05) is 54.6 Å². The van der Waals surface area contributed by atoms with Crippen molar-refractivity contribution in [1.29, 1.82) is 0 Å². The number of hydrogen-bond acceptors (Lipinski definition) is 8. The first-order chi connectivity index (χ1) is 21.9. The minimum absolute atomic E-state index is 0.0450. The number of amides is 4. The molecule has 2 aromatic rings. The Balaban J connectivity index is 1.31. The Labute approximate surface area is 263 Å². The van der Waals surface area contributed by atoms with E-state index in [9.17, 15) is 24.0 Å². The summed E-state index contributed by atoms with van der Waals surface area (Å²) >= 11 is 0. The molecule has 3 rings (SSSR count). The van der Waals surface area contributed by atoms with Gasteiger partial charge >= 0.3 is 5.97 Å². The maximum atomic E-state index is 12.7. The molecule has 12 nitrogen and oxygen atoms in total. The second-order valence-corrected chi connectivity index (χ2v) is 10.8. The van der Waals surface area contributed by atoms with Crippen LogP contribution in [0.3, 0.4) is 0 Å². The molecule has 244 valence electrons. The molecule has 1 fully saturated rings. The van der Waals surface area contributed by atoms with Gasteiger partial charge in [0.05, 0.1) is 26.1 Å². The zero-order valence-electron chi connectivity index (χ0n) is 25.6. The summed E-state index contributed by atoms with van der Waals surface area (Å²) in [6.07, 6.45) is 5.57. The Kier molecular flexibility index (Phi) is 16.1. The van der Waals surface area contributed by atoms with Gasteiger partial charge in [0.2, 0.25) is 17.7 Å². The van der Waals surface area contributed by atoms with Crippen molar-refractivity contribution in [2.45, 2.75) is 63.8 Å².